The van der Waals surface area contributed by atoms with E-state index < -0.39 is 0 Å². The maximum Gasteiger partial charge on any atom is 0.121 e. The summed E-state index contributed by atoms with van der Waals surface area (Å²) in [7, 11) is 0. The molecule has 0 aromatic carbocycles. The van der Waals surface area contributed by atoms with Gasteiger partial charge in [0.2, 0.25) is 0 Å². The van der Waals surface area contributed by atoms with Gasteiger partial charge in [0.1, 0.15) is 5.76 Å². The van der Waals surface area contributed by atoms with Crippen LogP contribution in [0, 0.1) is 0 Å². The van der Waals surface area contributed by atoms with Gasteiger partial charge in [0.15, 0.2) is 0 Å². The summed E-state index contributed by atoms with van der Waals surface area (Å²) in [5, 5.41) is 0. The Labute approximate surface area is 103 Å². The molecular weight excluding hydrogens is 214 g/mol. The highest BCUT2D eigenvalue weighted by Crippen LogP contribution is 2.14. The molecule has 1 aromatic heterocycles. The third-order valence-corrected chi connectivity index (χ3v) is 3.55. The number of hydrogen-bond acceptors (Lipinski definition) is 4. The highest BCUT2D eigenvalue weighted by Gasteiger charge is 2.19. The molecule has 0 spiro atoms. The monoisotopic (exact) mass is 237 g/mol. The minimum Gasteiger partial charge on any atom is -0.468 e. The van der Waals surface area contributed by atoms with Crippen LogP contribution in [-0.2, 0) is 13.1 Å². The summed E-state index contributed by atoms with van der Waals surface area (Å²) in [6, 6.07) is 2.70. The summed E-state index contributed by atoms with van der Waals surface area (Å²) >= 11 is 0. The number of nitrogens with two attached hydrogens (primary N) is 1. The van der Waals surface area contributed by atoms with Gasteiger partial charge >= 0.3 is 0 Å². The van der Waals surface area contributed by atoms with Gasteiger partial charge in [0, 0.05) is 44.3 Å². The molecule has 0 amide bonds. The van der Waals surface area contributed by atoms with Crippen molar-refractivity contribution in [3.05, 3.63) is 23.7 Å². The first-order valence-corrected chi connectivity index (χ1v) is 6.42. The lowest BCUT2D eigenvalue weighted by atomic mass is 10.2. The summed E-state index contributed by atoms with van der Waals surface area (Å²) in [4.78, 5) is 5.00. The predicted molar refractivity (Wildman–Crippen MR) is 68.6 cm³/mol. The molecule has 17 heavy (non-hydrogen) atoms. The Kier molecular flexibility index (Phi) is 4.20. The lowest BCUT2D eigenvalue weighted by Gasteiger charge is -2.36. The minimum atomic E-state index is 0.494. The third kappa shape index (κ3) is 3.09. The van der Waals surface area contributed by atoms with Crippen molar-refractivity contribution in [2.75, 3.05) is 26.2 Å². The van der Waals surface area contributed by atoms with Gasteiger partial charge < -0.3 is 10.2 Å². The number of piperazine rings is 1. The first kappa shape index (κ1) is 12.6. The highest BCUT2D eigenvalue weighted by atomic mass is 16.3. The summed E-state index contributed by atoms with van der Waals surface area (Å²) < 4.78 is 5.35. The van der Waals surface area contributed by atoms with Gasteiger partial charge in [-0.05, 0) is 19.9 Å². The Balaban J connectivity index is 1.86. The number of furan rings is 1. The van der Waals surface area contributed by atoms with Gasteiger partial charge in [-0.3, -0.25) is 9.80 Å². The minimum absolute atomic E-state index is 0.494. The van der Waals surface area contributed by atoms with Crippen molar-refractivity contribution in [1.29, 1.82) is 0 Å². The molecule has 2 N–H and O–H groups in total. The van der Waals surface area contributed by atoms with Crippen LogP contribution in [0.4, 0.5) is 0 Å². The maximum atomic E-state index is 5.64. The molecule has 1 saturated heterocycles. The number of hydrogen-bond donors (Lipinski definition) is 1. The molecule has 4 nitrogen and oxygen atoms in total. The van der Waals surface area contributed by atoms with Crippen LogP contribution in [0.15, 0.2) is 16.7 Å². The van der Waals surface area contributed by atoms with Gasteiger partial charge in [0.05, 0.1) is 12.8 Å². The normalized spacial score (nSPS) is 19.1. The average molecular weight is 237 g/mol. The fourth-order valence-electron chi connectivity index (χ4n) is 2.37. The van der Waals surface area contributed by atoms with E-state index in [4.69, 9.17) is 10.2 Å². The number of nitrogens with zero attached hydrogens (tertiary/aromatic N) is 2. The second kappa shape index (κ2) is 5.67. The SMILES string of the molecule is CC(C)N1CCN(Cc2ccoc2CN)CC1. The molecule has 2 rings (SSSR count). The van der Waals surface area contributed by atoms with Crippen molar-refractivity contribution < 1.29 is 4.42 Å². The summed E-state index contributed by atoms with van der Waals surface area (Å²) in [5.41, 5.74) is 6.88. The van der Waals surface area contributed by atoms with E-state index in [9.17, 15) is 0 Å². The zero-order chi connectivity index (χ0) is 12.3. The zero-order valence-corrected chi connectivity index (χ0v) is 10.9. The molecule has 0 aliphatic carbocycles. The lowest BCUT2D eigenvalue weighted by Crippen LogP contribution is -2.48. The van der Waals surface area contributed by atoms with E-state index in [1.54, 1.807) is 6.26 Å². The molecule has 4 heteroatoms. The van der Waals surface area contributed by atoms with Crippen LogP contribution in [0.5, 0.6) is 0 Å². The second-order valence-electron chi connectivity index (χ2n) is 4.98. The Morgan fingerprint density at radius 2 is 2.00 bits per heavy atom. The van der Waals surface area contributed by atoms with Crippen molar-refractivity contribution in [1.82, 2.24) is 9.80 Å². The van der Waals surface area contributed by atoms with Crippen molar-refractivity contribution in [3.63, 3.8) is 0 Å². The van der Waals surface area contributed by atoms with Gasteiger partial charge in [-0.2, -0.15) is 0 Å². The molecule has 0 bridgehead atoms. The first-order valence-electron chi connectivity index (χ1n) is 6.42. The molecule has 1 aliphatic heterocycles. The van der Waals surface area contributed by atoms with Gasteiger partial charge in [-0.15, -0.1) is 0 Å². The number of rotatable bonds is 4. The molecule has 0 radical (unpaired) electrons. The highest BCUT2D eigenvalue weighted by molar-refractivity contribution is 5.16. The molecule has 1 fully saturated rings. The quantitative estimate of drug-likeness (QED) is 0.856. The molecule has 0 saturated carbocycles. The van der Waals surface area contributed by atoms with Crippen LogP contribution in [0.25, 0.3) is 0 Å². The van der Waals surface area contributed by atoms with Crippen LogP contribution < -0.4 is 5.73 Å². The summed E-state index contributed by atoms with van der Waals surface area (Å²) in [6.45, 7) is 10.6. The van der Waals surface area contributed by atoms with Crippen LogP contribution in [-0.4, -0.2) is 42.0 Å². The predicted octanol–water partition coefficient (Wildman–Crippen LogP) is 1.26. The fourth-order valence-corrected chi connectivity index (χ4v) is 2.37. The third-order valence-electron chi connectivity index (χ3n) is 3.55. The molecule has 0 unspecified atom stereocenters. The van der Waals surface area contributed by atoms with Gasteiger partial charge in [-0.1, -0.05) is 0 Å². The zero-order valence-electron chi connectivity index (χ0n) is 10.9. The van der Waals surface area contributed by atoms with E-state index in [0.717, 1.165) is 38.5 Å². The first-order chi connectivity index (χ1) is 8.20. The van der Waals surface area contributed by atoms with Crippen LogP contribution in [0.3, 0.4) is 0 Å². The van der Waals surface area contributed by atoms with Crippen molar-refractivity contribution in [2.24, 2.45) is 5.73 Å². The van der Waals surface area contributed by atoms with E-state index in [0.29, 0.717) is 12.6 Å². The molecule has 1 aromatic rings. The fraction of sp³-hybridized carbons (Fsp3) is 0.692. The second-order valence-corrected chi connectivity index (χ2v) is 4.98. The molecule has 96 valence electrons. The lowest BCUT2D eigenvalue weighted by molar-refractivity contribution is 0.103. The van der Waals surface area contributed by atoms with E-state index in [2.05, 4.69) is 23.6 Å². The van der Waals surface area contributed by atoms with E-state index >= 15 is 0 Å². The smallest absolute Gasteiger partial charge is 0.121 e. The Bertz CT molecular complexity index is 340. The maximum absolute atomic E-state index is 5.64. The van der Waals surface area contributed by atoms with Crippen LogP contribution >= 0.6 is 0 Å². The van der Waals surface area contributed by atoms with Crippen molar-refractivity contribution in [2.45, 2.75) is 33.0 Å². The average Bonchev–Trinajstić information content (AvgIpc) is 2.77. The van der Waals surface area contributed by atoms with Crippen molar-refractivity contribution >= 4 is 0 Å². The van der Waals surface area contributed by atoms with E-state index in [1.165, 1.54) is 5.56 Å². The Morgan fingerprint density at radius 1 is 1.29 bits per heavy atom. The van der Waals surface area contributed by atoms with Crippen LogP contribution in [0.1, 0.15) is 25.2 Å². The summed E-state index contributed by atoms with van der Waals surface area (Å²) in [6.07, 6.45) is 1.74. The molecule has 0 atom stereocenters. The topological polar surface area (TPSA) is 45.6 Å². The molecule has 1 aliphatic rings. The molecule has 2 heterocycles. The Hall–Kier alpha value is -0.840. The van der Waals surface area contributed by atoms with E-state index in [-0.39, 0.29) is 0 Å². The Morgan fingerprint density at radius 3 is 2.59 bits per heavy atom. The largest absolute Gasteiger partial charge is 0.468 e. The van der Waals surface area contributed by atoms with Gasteiger partial charge in [-0.25, -0.2) is 0 Å². The summed E-state index contributed by atoms with van der Waals surface area (Å²) in [5.74, 6) is 0.927. The standard InChI is InChI=1S/C13H23N3O/c1-11(2)16-6-4-15(5-7-16)10-12-3-8-17-13(12)9-14/h3,8,11H,4-7,9-10,14H2,1-2H3. The van der Waals surface area contributed by atoms with Crippen LogP contribution in [0.2, 0.25) is 0 Å². The molecular formula is C13H23N3O. The van der Waals surface area contributed by atoms with E-state index in [1.807, 2.05) is 6.07 Å². The van der Waals surface area contributed by atoms with Gasteiger partial charge in [0.25, 0.3) is 0 Å². The van der Waals surface area contributed by atoms with Crippen molar-refractivity contribution in [3.8, 4) is 0 Å².